The highest BCUT2D eigenvalue weighted by Gasteiger charge is 2.31. The summed E-state index contributed by atoms with van der Waals surface area (Å²) in [6, 6.07) is 8.49. The van der Waals surface area contributed by atoms with Crippen LogP contribution in [0.4, 0.5) is 0 Å². The number of pyridine rings is 1. The lowest BCUT2D eigenvalue weighted by Gasteiger charge is -2.20. The van der Waals surface area contributed by atoms with Gasteiger partial charge in [0.15, 0.2) is 9.84 Å². The van der Waals surface area contributed by atoms with Gasteiger partial charge in [-0.1, -0.05) is 32.0 Å². The van der Waals surface area contributed by atoms with Crippen LogP contribution in [0.5, 0.6) is 0 Å². The molecule has 7 nitrogen and oxygen atoms in total. The molecule has 1 aromatic carbocycles. The van der Waals surface area contributed by atoms with E-state index in [4.69, 9.17) is 0 Å². The van der Waals surface area contributed by atoms with E-state index in [0.29, 0.717) is 17.7 Å². The fourth-order valence-corrected chi connectivity index (χ4v) is 4.76. The summed E-state index contributed by atoms with van der Waals surface area (Å²) in [5, 5.41) is 3.91. The summed E-state index contributed by atoms with van der Waals surface area (Å²) >= 11 is 0. The smallest absolute Gasteiger partial charge is 0.309 e. The van der Waals surface area contributed by atoms with Crippen molar-refractivity contribution in [3.8, 4) is 0 Å². The zero-order chi connectivity index (χ0) is 21.6. The number of sulfone groups is 1. The van der Waals surface area contributed by atoms with E-state index in [1.54, 1.807) is 37.4 Å². The average Bonchev–Trinajstić information content (AvgIpc) is 2.68. The van der Waals surface area contributed by atoms with E-state index in [1.165, 1.54) is 6.20 Å². The Labute approximate surface area is 171 Å². The Bertz CT molecular complexity index is 973. The second kappa shape index (κ2) is 9.65. The van der Waals surface area contributed by atoms with E-state index >= 15 is 0 Å². The molecule has 0 spiro atoms. The highest BCUT2D eigenvalue weighted by atomic mass is 32.2. The summed E-state index contributed by atoms with van der Waals surface area (Å²) < 4.78 is 26.8. The predicted molar refractivity (Wildman–Crippen MR) is 111 cm³/mol. The van der Waals surface area contributed by atoms with E-state index < -0.39 is 26.9 Å². The fraction of sp³-hybridized carbons (Fsp3) is 0.381. The molecule has 1 atom stereocenters. The SMILES string of the molecule is Cc1ccc(C)c(S(=O)(=O)[C@H](CNC(=O)C(=O)NCC(C)C)c2cccnc2)c1. The summed E-state index contributed by atoms with van der Waals surface area (Å²) in [7, 11) is -3.84. The molecule has 2 amide bonds. The highest BCUT2D eigenvalue weighted by Crippen LogP contribution is 2.30. The standard InChI is InChI=1S/C21H27N3O4S/c1-14(2)11-23-20(25)21(26)24-13-19(17-6-5-9-22-12-17)29(27,28)18-10-15(3)7-8-16(18)4/h5-10,12,14,19H,11,13H2,1-4H3,(H,23,25)(H,24,26)/t19-/m1/s1. The number of nitrogens with zero attached hydrogens (tertiary/aromatic N) is 1. The van der Waals surface area contributed by atoms with Gasteiger partial charge >= 0.3 is 11.8 Å². The molecule has 2 N–H and O–H groups in total. The van der Waals surface area contributed by atoms with Gasteiger partial charge in [0.2, 0.25) is 0 Å². The number of hydrogen-bond acceptors (Lipinski definition) is 5. The van der Waals surface area contributed by atoms with E-state index in [2.05, 4.69) is 15.6 Å². The Morgan fingerprint density at radius 1 is 1.03 bits per heavy atom. The van der Waals surface area contributed by atoms with E-state index in [0.717, 1.165) is 5.56 Å². The molecule has 1 heterocycles. The second-order valence-electron chi connectivity index (χ2n) is 7.40. The summed E-state index contributed by atoms with van der Waals surface area (Å²) in [6.07, 6.45) is 3.00. The first-order chi connectivity index (χ1) is 13.6. The lowest BCUT2D eigenvalue weighted by Crippen LogP contribution is -2.43. The molecule has 0 saturated carbocycles. The minimum atomic E-state index is -3.84. The summed E-state index contributed by atoms with van der Waals surface area (Å²) in [5.74, 6) is -1.46. The molecule has 0 bridgehead atoms. The lowest BCUT2D eigenvalue weighted by molar-refractivity contribution is -0.139. The quantitative estimate of drug-likeness (QED) is 0.671. The highest BCUT2D eigenvalue weighted by molar-refractivity contribution is 7.91. The number of aryl methyl sites for hydroxylation is 2. The van der Waals surface area contributed by atoms with Crippen LogP contribution in [0.3, 0.4) is 0 Å². The Hall–Kier alpha value is -2.74. The molecule has 0 aliphatic carbocycles. The molecule has 8 heteroatoms. The molecule has 1 aromatic heterocycles. The maximum atomic E-state index is 13.4. The van der Waals surface area contributed by atoms with Gasteiger partial charge in [-0.25, -0.2) is 8.42 Å². The second-order valence-corrected chi connectivity index (χ2v) is 9.50. The molecule has 0 fully saturated rings. The number of benzene rings is 1. The minimum absolute atomic E-state index is 0.194. The molecule has 0 radical (unpaired) electrons. The Morgan fingerprint density at radius 3 is 2.28 bits per heavy atom. The van der Waals surface area contributed by atoms with Crippen molar-refractivity contribution in [2.24, 2.45) is 5.92 Å². The first-order valence-electron chi connectivity index (χ1n) is 9.40. The van der Waals surface area contributed by atoms with E-state index in [1.807, 2.05) is 26.8 Å². The van der Waals surface area contributed by atoms with Crippen molar-refractivity contribution in [1.29, 1.82) is 0 Å². The third kappa shape index (κ3) is 5.87. The third-order valence-corrected chi connectivity index (χ3v) is 6.65. The topological polar surface area (TPSA) is 105 Å². The van der Waals surface area contributed by atoms with Crippen LogP contribution in [-0.4, -0.2) is 38.3 Å². The maximum absolute atomic E-state index is 13.4. The van der Waals surface area contributed by atoms with Crippen LogP contribution in [0.15, 0.2) is 47.6 Å². The van der Waals surface area contributed by atoms with E-state index in [-0.39, 0.29) is 17.4 Å². The normalized spacial score (nSPS) is 12.4. The number of carbonyl (C=O) groups excluding carboxylic acids is 2. The Kier molecular flexibility index (Phi) is 7.50. The Morgan fingerprint density at radius 2 is 1.69 bits per heavy atom. The molecule has 0 aliphatic heterocycles. The lowest BCUT2D eigenvalue weighted by atomic mass is 10.2. The van der Waals surface area contributed by atoms with Crippen molar-refractivity contribution in [3.63, 3.8) is 0 Å². The van der Waals surface area contributed by atoms with Gasteiger partial charge in [0, 0.05) is 25.5 Å². The van der Waals surface area contributed by atoms with Crippen LogP contribution in [0.2, 0.25) is 0 Å². The fourth-order valence-electron chi connectivity index (χ4n) is 2.78. The first kappa shape index (κ1) is 22.5. The van der Waals surface area contributed by atoms with Crippen molar-refractivity contribution in [2.45, 2.75) is 37.8 Å². The van der Waals surface area contributed by atoms with Crippen molar-refractivity contribution in [2.75, 3.05) is 13.1 Å². The number of nitrogens with one attached hydrogen (secondary N) is 2. The van der Waals surface area contributed by atoms with Crippen LogP contribution < -0.4 is 10.6 Å². The number of rotatable bonds is 7. The third-order valence-electron chi connectivity index (χ3n) is 4.41. The molecule has 29 heavy (non-hydrogen) atoms. The van der Waals surface area contributed by atoms with Gasteiger partial charge in [-0.3, -0.25) is 14.6 Å². The van der Waals surface area contributed by atoms with E-state index in [9.17, 15) is 18.0 Å². The minimum Gasteiger partial charge on any atom is -0.348 e. The average molecular weight is 418 g/mol. The number of hydrogen-bond donors (Lipinski definition) is 2. The van der Waals surface area contributed by atoms with Gasteiger partial charge in [-0.15, -0.1) is 0 Å². The van der Waals surface area contributed by atoms with Gasteiger partial charge in [0.1, 0.15) is 5.25 Å². The van der Waals surface area contributed by atoms with Crippen LogP contribution in [0.25, 0.3) is 0 Å². The summed E-state index contributed by atoms with van der Waals surface area (Å²) in [5.41, 5.74) is 1.87. The largest absolute Gasteiger partial charge is 0.348 e. The van der Waals surface area contributed by atoms with Gasteiger partial charge < -0.3 is 10.6 Å². The van der Waals surface area contributed by atoms with Gasteiger partial charge in [-0.05, 0) is 48.6 Å². The molecule has 0 aliphatic rings. The molecular formula is C21H27N3O4S. The van der Waals surface area contributed by atoms with Crippen LogP contribution in [0, 0.1) is 19.8 Å². The molecule has 2 rings (SSSR count). The number of amides is 2. The number of aromatic nitrogens is 1. The van der Waals surface area contributed by atoms with Crippen molar-refractivity contribution >= 4 is 21.7 Å². The molecule has 0 unspecified atom stereocenters. The molecular weight excluding hydrogens is 390 g/mol. The predicted octanol–water partition coefficient (Wildman–Crippen LogP) is 2.10. The first-order valence-corrected chi connectivity index (χ1v) is 10.9. The van der Waals surface area contributed by atoms with Crippen molar-refractivity contribution < 1.29 is 18.0 Å². The van der Waals surface area contributed by atoms with Gasteiger partial charge in [-0.2, -0.15) is 0 Å². The van der Waals surface area contributed by atoms with Crippen LogP contribution >= 0.6 is 0 Å². The monoisotopic (exact) mass is 417 g/mol. The van der Waals surface area contributed by atoms with Gasteiger partial charge in [0.05, 0.1) is 4.90 Å². The zero-order valence-corrected chi connectivity index (χ0v) is 17.9. The van der Waals surface area contributed by atoms with Crippen LogP contribution in [-0.2, 0) is 19.4 Å². The van der Waals surface area contributed by atoms with Crippen molar-refractivity contribution in [1.82, 2.24) is 15.6 Å². The van der Waals surface area contributed by atoms with Gasteiger partial charge in [0.25, 0.3) is 0 Å². The zero-order valence-electron chi connectivity index (χ0n) is 17.1. The molecule has 156 valence electrons. The van der Waals surface area contributed by atoms with Crippen LogP contribution in [0.1, 0.15) is 35.8 Å². The molecule has 2 aromatic rings. The molecule has 0 saturated heterocycles. The number of carbonyl (C=O) groups is 2. The Balaban J connectivity index is 2.30. The van der Waals surface area contributed by atoms with Crippen molar-refractivity contribution in [3.05, 3.63) is 59.4 Å². The maximum Gasteiger partial charge on any atom is 0.309 e. The summed E-state index contributed by atoms with van der Waals surface area (Å²) in [4.78, 5) is 28.3. The summed E-state index contributed by atoms with van der Waals surface area (Å²) in [6.45, 7) is 7.48.